The van der Waals surface area contributed by atoms with Crippen LogP contribution in [0, 0.1) is 5.92 Å². The first kappa shape index (κ1) is 25.8. The minimum absolute atomic E-state index is 0.908. The van der Waals surface area contributed by atoms with Crippen molar-refractivity contribution >= 4 is 19.8 Å². The van der Waals surface area contributed by atoms with Crippen molar-refractivity contribution in [1.82, 2.24) is 0 Å². The number of rotatable bonds is 20. The van der Waals surface area contributed by atoms with Gasteiger partial charge in [0.2, 0.25) is 0 Å². The van der Waals surface area contributed by atoms with Crippen LogP contribution < -0.4 is 0 Å². The third kappa shape index (κ3) is 21.0. The van der Waals surface area contributed by atoms with E-state index in [2.05, 4.69) is 27.7 Å². The van der Waals surface area contributed by atoms with Crippen LogP contribution in [0.4, 0.5) is 0 Å². The molecular formula is C24H52Sn. The maximum absolute atomic E-state index is 2.37. The average molecular weight is 459 g/mol. The standard InChI is InChI=1S/3C8H17.Sn.H/c1-4-5-6-7-8(2)3;2*1-3-5-7-8-6-4-2;;/h8H,1,4-7H2,2-3H3;2*1,3-8H2,2H3;;. The Labute approximate surface area is 169 Å². The van der Waals surface area contributed by atoms with Gasteiger partial charge in [-0.15, -0.1) is 0 Å². The molecule has 0 saturated heterocycles. The van der Waals surface area contributed by atoms with Crippen molar-refractivity contribution in [2.45, 2.75) is 144 Å². The van der Waals surface area contributed by atoms with Crippen molar-refractivity contribution in [2.75, 3.05) is 0 Å². The van der Waals surface area contributed by atoms with Crippen molar-refractivity contribution in [2.24, 2.45) is 5.92 Å². The monoisotopic (exact) mass is 460 g/mol. The van der Waals surface area contributed by atoms with E-state index in [1.165, 1.54) is 83.5 Å². The summed E-state index contributed by atoms with van der Waals surface area (Å²) in [5.74, 6) is 0.908. The molecule has 0 heterocycles. The maximum atomic E-state index is 2.37. The Morgan fingerprint density at radius 2 is 0.840 bits per heavy atom. The Balaban J connectivity index is 3.80. The average Bonchev–Trinajstić information content (AvgIpc) is 2.59. The Kier molecular flexibility index (Phi) is 21.8. The molecule has 0 aliphatic heterocycles. The molecule has 0 nitrogen and oxygen atoms in total. The van der Waals surface area contributed by atoms with E-state index in [-0.39, 0.29) is 0 Å². The Hall–Kier alpha value is 0.799. The molecule has 0 radical (unpaired) electrons. The molecule has 25 heavy (non-hydrogen) atoms. The molecule has 0 aliphatic carbocycles. The molecule has 0 aliphatic rings. The molecule has 0 aromatic heterocycles. The fourth-order valence-electron chi connectivity index (χ4n) is 4.02. The molecule has 0 rings (SSSR count). The molecule has 0 spiro atoms. The summed E-state index contributed by atoms with van der Waals surface area (Å²) in [5.41, 5.74) is 0. The van der Waals surface area contributed by atoms with E-state index >= 15 is 0 Å². The van der Waals surface area contributed by atoms with Gasteiger partial charge in [-0.2, -0.15) is 0 Å². The molecule has 0 unspecified atom stereocenters. The van der Waals surface area contributed by atoms with Crippen LogP contribution >= 0.6 is 0 Å². The van der Waals surface area contributed by atoms with Crippen molar-refractivity contribution in [3.8, 4) is 0 Å². The number of unbranched alkanes of at least 4 members (excludes halogenated alkanes) is 12. The first-order valence-electron chi connectivity index (χ1n) is 12.2. The topological polar surface area (TPSA) is 0 Å². The predicted octanol–water partition coefficient (Wildman–Crippen LogP) is 9.15. The van der Waals surface area contributed by atoms with Crippen molar-refractivity contribution in [3.63, 3.8) is 0 Å². The van der Waals surface area contributed by atoms with Crippen LogP contribution in [0.15, 0.2) is 0 Å². The summed E-state index contributed by atoms with van der Waals surface area (Å²) in [6, 6.07) is 0. The molecule has 152 valence electrons. The van der Waals surface area contributed by atoms with Crippen molar-refractivity contribution in [1.29, 1.82) is 0 Å². The van der Waals surface area contributed by atoms with Gasteiger partial charge in [0.1, 0.15) is 0 Å². The summed E-state index contributed by atoms with van der Waals surface area (Å²) in [6.45, 7) is 9.40. The summed E-state index contributed by atoms with van der Waals surface area (Å²) < 4.78 is 5.18. The van der Waals surface area contributed by atoms with Crippen LogP contribution in [-0.4, -0.2) is 19.8 Å². The van der Waals surface area contributed by atoms with E-state index in [9.17, 15) is 0 Å². The van der Waals surface area contributed by atoms with Gasteiger partial charge < -0.3 is 0 Å². The molecule has 0 fully saturated rings. The molecule has 0 N–H and O–H groups in total. The SMILES string of the molecule is CCCCCCC[CH2][SnH]([CH2]CCCCCCC)[CH2]CCCCC(C)C. The summed E-state index contributed by atoms with van der Waals surface area (Å²) in [7, 11) is 0. The van der Waals surface area contributed by atoms with Crippen LogP contribution in [0.25, 0.3) is 0 Å². The molecule has 1 heteroatoms. The minimum atomic E-state index is -1.16. The first-order chi connectivity index (χ1) is 12.2. The summed E-state index contributed by atoms with van der Waals surface area (Å²) >= 11 is -1.16. The first-order valence-corrected chi connectivity index (χ1v) is 19.2. The van der Waals surface area contributed by atoms with E-state index < -0.39 is 19.8 Å². The van der Waals surface area contributed by atoms with E-state index in [4.69, 9.17) is 0 Å². The van der Waals surface area contributed by atoms with Gasteiger partial charge in [0.05, 0.1) is 0 Å². The van der Waals surface area contributed by atoms with Gasteiger partial charge in [0.25, 0.3) is 0 Å². The third-order valence-electron chi connectivity index (χ3n) is 5.83. The molecule has 0 aromatic rings. The number of hydrogen-bond donors (Lipinski definition) is 0. The zero-order valence-corrected chi connectivity index (χ0v) is 21.9. The van der Waals surface area contributed by atoms with Crippen LogP contribution in [0.1, 0.15) is 130 Å². The van der Waals surface area contributed by atoms with Gasteiger partial charge in [-0.25, -0.2) is 0 Å². The van der Waals surface area contributed by atoms with Gasteiger partial charge in [0.15, 0.2) is 0 Å². The number of hydrogen-bond acceptors (Lipinski definition) is 0. The second kappa shape index (κ2) is 21.1. The van der Waals surface area contributed by atoms with Gasteiger partial charge in [-0.05, 0) is 0 Å². The molecule has 0 bridgehead atoms. The van der Waals surface area contributed by atoms with E-state index in [1.54, 1.807) is 32.6 Å². The normalized spacial score (nSPS) is 11.8. The fourth-order valence-corrected chi connectivity index (χ4v) is 13.9. The summed E-state index contributed by atoms with van der Waals surface area (Å²) in [4.78, 5) is 0. The zero-order valence-electron chi connectivity index (χ0n) is 18.6. The van der Waals surface area contributed by atoms with Crippen molar-refractivity contribution < 1.29 is 0 Å². The van der Waals surface area contributed by atoms with E-state index in [0.717, 1.165) is 5.92 Å². The zero-order chi connectivity index (χ0) is 18.6. The molecule has 0 aromatic carbocycles. The Morgan fingerprint density at radius 3 is 1.24 bits per heavy atom. The molecular weight excluding hydrogens is 407 g/mol. The fraction of sp³-hybridized carbons (Fsp3) is 1.00. The van der Waals surface area contributed by atoms with Crippen LogP contribution in [0.5, 0.6) is 0 Å². The molecule has 0 saturated carbocycles. The van der Waals surface area contributed by atoms with Gasteiger partial charge in [-0.3, -0.25) is 0 Å². The van der Waals surface area contributed by atoms with Crippen LogP contribution in [-0.2, 0) is 0 Å². The second-order valence-corrected chi connectivity index (χ2v) is 18.9. The molecule has 0 amide bonds. The van der Waals surface area contributed by atoms with Gasteiger partial charge >= 0.3 is 169 Å². The summed E-state index contributed by atoms with van der Waals surface area (Å²) in [6.07, 6.45) is 24.0. The quantitative estimate of drug-likeness (QED) is 0.126. The Bertz CT molecular complexity index is 220. The molecule has 0 atom stereocenters. The second-order valence-electron chi connectivity index (χ2n) is 9.01. The predicted molar refractivity (Wildman–Crippen MR) is 122 cm³/mol. The van der Waals surface area contributed by atoms with Crippen molar-refractivity contribution in [3.05, 3.63) is 0 Å². The van der Waals surface area contributed by atoms with Crippen LogP contribution in [0.3, 0.4) is 0 Å². The van der Waals surface area contributed by atoms with Gasteiger partial charge in [0, 0.05) is 0 Å². The van der Waals surface area contributed by atoms with Gasteiger partial charge in [-0.1, -0.05) is 0 Å². The summed E-state index contributed by atoms with van der Waals surface area (Å²) in [5, 5.41) is 0. The Morgan fingerprint density at radius 1 is 0.480 bits per heavy atom. The third-order valence-corrected chi connectivity index (χ3v) is 16.3. The van der Waals surface area contributed by atoms with Crippen LogP contribution in [0.2, 0.25) is 13.3 Å². The van der Waals surface area contributed by atoms with E-state index in [1.807, 2.05) is 0 Å². The van der Waals surface area contributed by atoms with E-state index in [0.29, 0.717) is 0 Å².